The van der Waals surface area contributed by atoms with Crippen LogP contribution in [0.3, 0.4) is 0 Å². The van der Waals surface area contributed by atoms with Gasteiger partial charge in [-0.25, -0.2) is 13.8 Å². The van der Waals surface area contributed by atoms with Crippen molar-refractivity contribution in [2.45, 2.75) is 33.1 Å². The van der Waals surface area contributed by atoms with E-state index in [0.717, 1.165) is 5.56 Å². The second-order valence-corrected chi connectivity index (χ2v) is 6.40. The SMILES string of the molecule is CC/C=C(/c1c(F)cccc1F)c1c[nH]c2ncc(C(C)C)c(C#N)c12. The van der Waals surface area contributed by atoms with Crippen LogP contribution >= 0.6 is 0 Å². The molecule has 0 aliphatic carbocycles. The van der Waals surface area contributed by atoms with Gasteiger partial charge < -0.3 is 4.98 Å². The summed E-state index contributed by atoms with van der Waals surface area (Å²) in [5.74, 6) is -1.16. The number of nitrogens with one attached hydrogen (secondary N) is 1. The summed E-state index contributed by atoms with van der Waals surface area (Å²) in [5.41, 5.74) is 2.74. The lowest BCUT2D eigenvalue weighted by molar-refractivity contribution is 0.577. The average molecular weight is 351 g/mol. The lowest BCUT2D eigenvalue weighted by Crippen LogP contribution is -1.99. The summed E-state index contributed by atoms with van der Waals surface area (Å²) < 4.78 is 28.9. The highest BCUT2D eigenvalue weighted by Crippen LogP contribution is 2.36. The van der Waals surface area contributed by atoms with E-state index in [1.54, 1.807) is 18.5 Å². The molecular weight excluding hydrogens is 332 g/mol. The van der Waals surface area contributed by atoms with E-state index in [1.165, 1.54) is 18.2 Å². The Labute approximate surface area is 151 Å². The van der Waals surface area contributed by atoms with Crippen LogP contribution in [0.25, 0.3) is 16.6 Å². The Morgan fingerprint density at radius 2 is 2.00 bits per heavy atom. The predicted molar refractivity (Wildman–Crippen MR) is 98.6 cm³/mol. The van der Waals surface area contributed by atoms with Crippen LogP contribution in [0.2, 0.25) is 0 Å². The summed E-state index contributed by atoms with van der Waals surface area (Å²) in [4.78, 5) is 7.42. The molecule has 0 bridgehead atoms. The van der Waals surface area contributed by atoms with E-state index in [9.17, 15) is 14.0 Å². The zero-order chi connectivity index (χ0) is 18.8. The highest BCUT2D eigenvalue weighted by atomic mass is 19.1. The van der Waals surface area contributed by atoms with Gasteiger partial charge in [0.25, 0.3) is 0 Å². The van der Waals surface area contributed by atoms with Crippen LogP contribution in [0, 0.1) is 23.0 Å². The molecule has 0 amide bonds. The van der Waals surface area contributed by atoms with E-state index in [1.807, 2.05) is 20.8 Å². The van der Waals surface area contributed by atoms with Gasteiger partial charge in [-0.05, 0) is 35.6 Å². The third-order valence-corrected chi connectivity index (χ3v) is 4.40. The van der Waals surface area contributed by atoms with Gasteiger partial charge in [0.1, 0.15) is 23.4 Å². The van der Waals surface area contributed by atoms with Gasteiger partial charge in [0.2, 0.25) is 0 Å². The van der Waals surface area contributed by atoms with Crippen molar-refractivity contribution in [1.82, 2.24) is 9.97 Å². The van der Waals surface area contributed by atoms with Crippen LogP contribution in [0.1, 0.15) is 55.4 Å². The van der Waals surface area contributed by atoms with Crippen LogP contribution < -0.4 is 0 Å². The molecular formula is C21H19F2N3. The lowest BCUT2D eigenvalue weighted by Gasteiger charge is -2.12. The third-order valence-electron chi connectivity index (χ3n) is 4.40. The fraction of sp³-hybridized carbons (Fsp3) is 0.238. The number of pyridine rings is 1. The number of aromatic amines is 1. The third kappa shape index (κ3) is 2.88. The number of hydrogen-bond donors (Lipinski definition) is 1. The minimum absolute atomic E-state index is 0.0888. The summed E-state index contributed by atoms with van der Waals surface area (Å²) in [7, 11) is 0. The van der Waals surface area contributed by atoms with Gasteiger partial charge in [0.05, 0.1) is 11.1 Å². The Balaban J connectivity index is 2.38. The first-order valence-corrected chi connectivity index (χ1v) is 8.54. The Bertz CT molecular complexity index is 1020. The topological polar surface area (TPSA) is 52.5 Å². The van der Waals surface area contributed by atoms with Crippen LogP contribution in [0.15, 0.2) is 36.7 Å². The molecule has 0 saturated heterocycles. The highest BCUT2D eigenvalue weighted by molar-refractivity contribution is 5.99. The Hall–Kier alpha value is -3.00. The van der Waals surface area contributed by atoms with Gasteiger partial charge in [-0.15, -0.1) is 0 Å². The molecule has 26 heavy (non-hydrogen) atoms. The number of benzene rings is 1. The van der Waals surface area contributed by atoms with Crippen molar-refractivity contribution in [3.63, 3.8) is 0 Å². The van der Waals surface area contributed by atoms with E-state index < -0.39 is 11.6 Å². The number of H-pyrrole nitrogens is 1. The number of hydrogen-bond acceptors (Lipinski definition) is 2. The Kier molecular flexibility index (Phi) is 4.85. The molecule has 0 unspecified atom stereocenters. The summed E-state index contributed by atoms with van der Waals surface area (Å²) in [5, 5.41) is 10.3. The summed E-state index contributed by atoms with van der Waals surface area (Å²) in [6, 6.07) is 6.06. The van der Waals surface area contributed by atoms with E-state index in [2.05, 4.69) is 16.0 Å². The van der Waals surface area contributed by atoms with E-state index in [4.69, 9.17) is 0 Å². The molecule has 0 atom stereocenters. The minimum atomic E-state index is -0.634. The zero-order valence-electron chi connectivity index (χ0n) is 14.9. The number of nitriles is 1. The number of fused-ring (bicyclic) bond motifs is 1. The molecule has 5 heteroatoms. The smallest absolute Gasteiger partial charge is 0.139 e. The predicted octanol–water partition coefficient (Wildman–Crippen LogP) is 5.68. The van der Waals surface area contributed by atoms with Crippen molar-refractivity contribution >= 4 is 16.6 Å². The molecule has 1 aromatic carbocycles. The molecule has 0 fully saturated rings. The molecule has 1 N–H and O–H groups in total. The number of halogens is 2. The molecule has 0 spiro atoms. The first-order valence-electron chi connectivity index (χ1n) is 8.54. The number of nitrogens with zero attached hydrogens (tertiary/aromatic N) is 2. The van der Waals surface area contributed by atoms with Gasteiger partial charge >= 0.3 is 0 Å². The number of rotatable bonds is 4. The van der Waals surface area contributed by atoms with Crippen molar-refractivity contribution in [3.05, 3.63) is 70.6 Å². The molecule has 2 heterocycles. The maximum atomic E-state index is 14.4. The molecule has 0 aliphatic rings. The van der Waals surface area contributed by atoms with Gasteiger partial charge in [-0.2, -0.15) is 5.26 Å². The molecule has 0 aliphatic heterocycles. The molecule has 2 aromatic heterocycles. The zero-order valence-corrected chi connectivity index (χ0v) is 14.9. The maximum absolute atomic E-state index is 14.4. The summed E-state index contributed by atoms with van der Waals surface area (Å²) in [6.45, 7) is 5.86. The molecule has 3 nitrogen and oxygen atoms in total. The molecule has 3 rings (SSSR count). The number of aromatic nitrogens is 2. The summed E-state index contributed by atoms with van der Waals surface area (Å²) in [6.07, 6.45) is 5.71. The standard InChI is InChI=1S/C21H19F2N3/c1-4-6-13(20-17(22)7-5-8-18(20)23)16-11-26-21-19(16)14(9-24)15(10-25-21)12(2)3/h5-8,10-12H,4H2,1-3H3,(H,25,26)/b13-6+. The fourth-order valence-corrected chi connectivity index (χ4v) is 3.19. The van der Waals surface area contributed by atoms with E-state index >= 15 is 0 Å². The van der Waals surface area contributed by atoms with Crippen LogP contribution in [-0.2, 0) is 0 Å². The average Bonchev–Trinajstić information content (AvgIpc) is 3.03. The van der Waals surface area contributed by atoms with Crippen molar-refractivity contribution in [2.24, 2.45) is 0 Å². The number of allylic oxidation sites excluding steroid dienone is 1. The fourth-order valence-electron chi connectivity index (χ4n) is 3.19. The highest BCUT2D eigenvalue weighted by Gasteiger charge is 2.22. The van der Waals surface area contributed by atoms with Crippen molar-refractivity contribution < 1.29 is 8.78 Å². The van der Waals surface area contributed by atoms with Gasteiger partial charge in [-0.3, -0.25) is 0 Å². The van der Waals surface area contributed by atoms with Crippen molar-refractivity contribution in [3.8, 4) is 6.07 Å². The van der Waals surface area contributed by atoms with Gasteiger partial charge in [0, 0.05) is 23.3 Å². The lowest BCUT2D eigenvalue weighted by atomic mass is 9.91. The first-order chi connectivity index (χ1) is 12.5. The van der Waals surface area contributed by atoms with Crippen LogP contribution in [0.5, 0.6) is 0 Å². The van der Waals surface area contributed by atoms with E-state index in [-0.39, 0.29) is 11.5 Å². The van der Waals surface area contributed by atoms with E-state index in [0.29, 0.717) is 34.2 Å². The minimum Gasteiger partial charge on any atom is -0.345 e. The Morgan fingerprint density at radius 1 is 1.31 bits per heavy atom. The van der Waals surface area contributed by atoms with Gasteiger partial charge in [-0.1, -0.05) is 32.9 Å². The monoisotopic (exact) mass is 351 g/mol. The van der Waals surface area contributed by atoms with Crippen molar-refractivity contribution in [1.29, 1.82) is 5.26 Å². The van der Waals surface area contributed by atoms with Crippen LogP contribution in [0.4, 0.5) is 8.78 Å². The normalized spacial score (nSPS) is 12.0. The van der Waals surface area contributed by atoms with Crippen molar-refractivity contribution in [2.75, 3.05) is 0 Å². The largest absolute Gasteiger partial charge is 0.345 e. The van der Waals surface area contributed by atoms with Gasteiger partial charge in [0.15, 0.2) is 0 Å². The molecule has 132 valence electrons. The second kappa shape index (κ2) is 7.09. The molecule has 0 saturated carbocycles. The maximum Gasteiger partial charge on any atom is 0.139 e. The quantitative estimate of drug-likeness (QED) is 0.657. The second-order valence-electron chi connectivity index (χ2n) is 6.40. The summed E-state index contributed by atoms with van der Waals surface area (Å²) >= 11 is 0. The Morgan fingerprint density at radius 3 is 2.58 bits per heavy atom. The van der Waals surface area contributed by atoms with Crippen LogP contribution in [-0.4, -0.2) is 9.97 Å². The molecule has 3 aromatic rings. The first kappa shape index (κ1) is 17.8. The molecule has 0 radical (unpaired) electrons.